The lowest BCUT2D eigenvalue weighted by Crippen LogP contribution is -2.38. The summed E-state index contributed by atoms with van der Waals surface area (Å²) in [7, 11) is 0. The summed E-state index contributed by atoms with van der Waals surface area (Å²) in [5.74, 6) is 2.12. The molecule has 0 unspecified atom stereocenters. The van der Waals surface area contributed by atoms with Crippen molar-refractivity contribution in [2.45, 2.75) is 26.4 Å². The molecule has 0 spiro atoms. The molecule has 158 valence electrons. The zero-order valence-corrected chi connectivity index (χ0v) is 18.1. The van der Waals surface area contributed by atoms with Crippen LogP contribution in [0.25, 0.3) is 22.3 Å². The van der Waals surface area contributed by atoms with E-state index in [2.05, 4.69) is 40.5 Å². The lowest BCUT2D eigenvalue weighted by molar-refractivity contribution is -0.695. The number of hydrogen-bond acceptors (Lipinski definition) is 2. The standard InChI is InChI=1S/C28H25N2O2/c1-2-27-29(17-18-30(27)20-25(31)21-11-5-3-6-12-21)19-24-23-15-9-10-16-26(23)32-28(24)22-13-7-4-8-14-22/h3-18H,2,19-20H2,1H3/q+1. The molecule has 4 heteroatoms. The molecule has 3 aromatic carbocycles. The number of nitrogens with zero attached hydrogens (tertiary/aromatic N) is 2. The van der Waals surface area contributed by atoms with Crippen LogP contribution in [0.1, 0.15) is 28.7 Å². The molecule has 2 heterocycles. The smallest absolute Gasteiger partial charge is 0.256 e. The molecule has 0 radical (unpaired) electrons. The number of ketones is 1. The third-order valence-corrected chi connectivity index (χ3v) is 5.88. The molecule has 5 aromatic rings. The monoisotopic (exact) mass is 421 g/mol. The van der Waals surface area contributed by atoms with E-state index in [1.54, 1.807) is 0 Å². The summed E-state index contributed by atoms with van der Waals surface area (Å²) in [6, 6.07) is 27.9. The molecular formula is C28H25N2O2+. The molecule has 0 aliphatic carbocycles. The van der Waals surface area contributed by atoms with Gasteiger partial charge >= 0.3 is 0 Å². The predicted molar refractivity (Wildman–Crippen MR) is 126 cm³/mol. The summed E-state index contributed by atoms with van der Waals surface area (Å²) in [5.41, 5.74) is 3.84. The van der Waals surface area contributed by atoms with E-state index in [-0.39, 0.29) is 5.78 Å². The minimum Gasteiger partial charge on any atom is -0.456 e. The number of furan rings is 1. The van der Waals surface area contributed by atoms with Gasteiger partial charge in [-0.05, 0) is 6.07 Å². The Labute approximate surface area is 187 Å². The van der Waals surface area contributed by atoms with Crippen LogP contribution in [-0.2, 0) is 19.5 Å². The molecule has 2 aromatic heterocycles. The van der Waals surface area contributed by atoms with E-state index in [0.29, 0.717) is 13.1 Å². The van der Waals surface area contributed by atoms with Crippen molar-refractivity contribution in [1.82, 2.24) is 4.57 Å². The first-order valence-corrected chi connectivity index (χ1v) is 11.0. The number of rotatable bonds is 7. The topological polar surface area (TPSA) is 39.0 Å². The maximum absolute atomic E-state index is 12.8. The third kappa shape index (κ3) is 3.76. The van der Waals surface area contributed by atoms with Crippen LogP contribution in [-0.4, -0.2) is 10.4 Å². The maximum Gasteiger partial charge on any atom is 0.256 e. The van der Waals surface area contributed by atoms with Crippen molar-refractivity contribution in [3.63, 3.8) is 0 Å². The van der Waals surface area contributed by atoms with Crippen LogP contribution in [0.5, 0.6) is 0 Å². The normalized spacial score (nSPS) is 11.2. The molecule has 5 rings (SSSR count). The van der Waals surface area contributed by atoms with Crippen LogP contribution in [0, 0.1) is 0 Å². The SMILES string of the molecule is CCc1n(CC(=O)c2ccccc2)cc[n+]1Cc1c(-c2ccccc2)oc2ccccc12. The summed E-state index contributed by atoms with van der Waals surface area (Å²) in [4.78, 5) is 12.8. The number of Topliss-reactive ketones (excluding diaryl/α,β-unsaturated/α-hetero) is 1. The first-order valence-electron chi connectivity index (χ1n) is 11.0. The Morgan fingerprint density at radius 1 is 0.906 bits per heavy atom. The van der Waals surface area contributed by atoms with Crippen LogP contribution in [0.2, 0.25) is 0 Å². The van der Waals surface area contributed by atoms with Gasteiger partial charge in [0, 0.05) is 28.5 Å². The second-order valence-corrected chi connectivity index (χ2v) is 7.88. The number of benzene rings is 3. The van der Waals surface area contributed by atoms with Crippen molar-refractivity contribution >= 4 is 16.8 Å². The van der Waals surface area contributed by atoms with Crippen molar-refractivity contribution in [2.75, 3.05) is 0 Å². The highest BCUT2D eigenvalue weighted by Crippen LogP contribution is 2.33. The Morgan fingerprint density at radius 3 is 2.34 bits per heavy atom. The molecule has 32 heavy (non-hydrogen) atoms. The van der Waals surface area contributed by atoms with Gasteiger partial charge in [0.15, 0.2) is 6.54 Å². The van der Waals surface area contributed by atoms with Gasteiger partial charge in [0.2, 0.25) is 5.78 Å². The van der Waals surface area contributed by atoms with E-state index < -0.39 is 0 Å². The fourth-order valence-corrected chi connectivity index (χ4v) is 4.31. The average molecular weight is 422 g/mol. The highest BCUT2D eigenvalue weighted by Gasteiger charge is 2.23. The van der Waals surface area contributed by atoms with Gasteiger partial charge in [-0.25, -0.2) is 9.13 Å². The summed E-state index contributed by atoms with van der Waals surface area (Å²) in [6.45, 7) is 3.13. The summed E-state index contributed by atoms with van der Waals surface area (Å²) in [5, 5.41) is 1.12. The van der Waals surface area contributed by atoms with Crippen LogP contribution < -0.4 is 4.57 Å². The van der Waals surface area contributed by atoms with Crippen molar-refractivity contribution in [2.24, 2.45) is 0 Å². The second kappa shape index (κ2) is 8.67. The minimum absolute atomic E-state index is 0.113. The van der Waals surface area contributed by atoms with Crippen LogP contribution >= 0.6 is 0 Å². The zero-order valence-electron chi connectivity index (χ0n) is 18.1. The number of carbonyl (C=O) groups excluding carboxylic acids is 1. The van der Waals surface area contributed by atoms with Gasteiger partial charge in [0.05, 0.1) is 0 Å². The molecule has 0 atom stereocenters. The van der Waals surface area contributed by atoms with Crippen LogP contribution in [0.15, 0.2) is 102 Å². The lowest BCUT2D eigenvalue weighted by atomic mass is 10.1. The average Bonchev–Trinajstić information content (AvgIpc) is 3.41. The molecule has 4 nitrogen and oxygen atoms in total. The Balaban J connectivity index is 1.52. The van der Waals surface area contributed by atoms with Crippen molar-refractivity contribution in [3.8, 4) is 11.3 Å². The van der Waals surface area contributed by atoms with Crippen LogP contribution in [0.3, 0.4) is 0 Å². The van der Waals surface area contributed by atoms with Crippen LogP contribution in [0.4, 0.5) is 0 Å². The van der Waals surface area contributed by atoms with Gasteiger partial charge in [-0.15, -0.1) is 0 Å². The zero-order chi connectivity index (χ0) is 21.9. The minimum atomic E-state index is 0.113. The third-order valence-electron chi connectivity index (χ3n) is 5.88. The van der Waals surface area contributed by atoms with Crippen molar-refractivity contribution in [1.29, 1.82) is 0 Å². The molecule has 0 bridgehead atoms. The first-order chi connectivity index (χ1) is 15.7. The largest absolute Gasteiger partial charge is 0.456 e. The molecule has 0 saturated carbocycles. The first kappa shape index (κ1) is 20.0. The number of para-hydroxylation sites is 1. The van der Waals surface area contributed by atoms with Gasteiger partial charge in [-0.1, -0.05) is 85.8 Å². The van der Waals surface area contributed by atoms with E-state index in [1.165, 1.54) is 0 Å². The summed E-state index contributed by atoms with van der Waals surface area (Å²) >= 11 is 0. The maximum atomic E-state index is 12.8. The van der Waals surface area contributed by atoms with Gasteiger partial charge < -0.3 is 4.42 Å². The molecule has 0 saturated heterocycles. The second-order valence-electron chi connectivity index (χ2n) is 7.88. The van der Waals surface area contributed by atoms with Gasteiger partial charge in [0.1, 0.15) is 30.3 Å². The molecular weight excluding hydrogens is 396 g/mol. The van der Waals surface area contributed by atoms with E-state index in [9.17, 15) is 4.79 Å². The lowest BCUT2D eigenvalue weighted by Gasteiger charge is -2.05. The fourth-order valence-electron chi connectivity index (χ4n) is 4.31. The molecule has 0 N–H and O–H groups in total. The quantitative estimate of drug-likeness (QED) is 0.250. The molecule has 0 aliphatic rings. The number of fused-ring (bicyclic) bond motifs is 1. The van der Waals surface area contributed by atoms with Gasteiger partial charge in [-0.2, -0.15) is 0 Å². The Bertz CT molecular complexity index is 1360. The number of carbonyl (C=O) groups is 1. The Hall–Kier alpha value is -3.92. The molecule has 0 amide bonds. The Kier molecular flexibility index (Phi) is 5.42. The van der Waals surface area contributed by atoms with E-state index in [4.69, 9.17) is 4.42 Å². The molecule has 0 aliphatic heterocycles. The number of imidazole rings is 1. The number of hydrogen-bond donors (Lipinski definition) is 0. The van der Waals surface area contributed by atoms with E-state index in [1.807, 2.05) is 72.9 Å². The highest BCUT2D eigenvalue weighted by atomic mass is 16.3. The number of aromatic nitrogens is 2. The molecule has 0 fully saturated rings. The summed E-state index contributed by atoms with van der Waals surface area (Å²) in [6.07, 6.45) is 4.89. The predicted octanol–water partition coefficient (Wildman–Crippen LogP) is 5.68. The highest BCUT2D eigenvalue weighted by molar-refractivity contribution is 5.95. The van der Waals surface area contributed by atoms with Crippen molar-refractivity contribution < 1.29 is 13.8 Å². The van der Waals surface area contributed by atoms with E-state index >= 15 is 0 Å². The van der Waals surface area contributed by atoms with Crippen molar-refractivity contribution in [3.05, 3.63) is 114 Å². The Morgan fingerprint density at radius 2 is 1.59 bits per heavy atom. The van der Waals surface area contributed by atoms with Gasteiger partial charge in [0.25, 0.3) is 5.82 Å². The summed E-state index contributed by atoms with van der Waals surface area (Å²) < 4.78 is 10.6. The van der Waals surface area contributed by atoms with E-state index in [0.717, 1.165) is 45.7 Å². The van der Waals surface area contributed by atoms with Gasteiger partial charge in [-0.3, -0.25) is 4.79 Å². The fraction of sp³-hybridized carbons (Fsp3) is 0.143.